The van der Waals surface area contributed by atoms with Crippen molar-refractivity contribution in [2.45, 2.75) is 6.61 Å². The maximum Gasteiger partial charge on any atom is 0.131 e. The number of hydrogen-bond donors (Lipinski definition) is 0. The summed E-state index contributed by atoms with van der Waals surface area (Å²) in [6.07, 6.45) is 2.00. The van der Waals surface area contributed by atoms with E-state index < -0.39 is 0 Å². The zero-order valence-corrected chi connectivity index (χ0v) is 12.8. The predicted molar refractivity (Wildman–Crippen MR) is 86.4 cm³/mol. The molecule has 0 atom stereocenters. The topological polar surface area (TPSA) is 18.5 Å². The molecule has 0 bridgehead atoms. The Kier molecular flexibility index (Phi) is 4.37. The fourth-order valence-corrected chi connectivity index (χ4v) is 2.71. The highest BCUT2D eigenvalue weighted by atomic mass is 35.5. The summed E-state index contributed by atoms with van der Waals surface area (Å²) in [7, 11) is 0. The van der Waals surface area contributed by atoms with Crippen molar-refractivity contribution in [2.24, 2.45) is 0 Å². The third-order valence-electron chi connectivity index (χ3n) is 3.31. The summed E-state index contributed by atoms with van der Waals surface area (Å²) in [5, 5.41) is 0.710. The second kappa shape index (κ2) is 6.42. The average Bonchev–Trinajstić information content (AvgIpc) is 2.52. The lowest BCUT2D eigenvalue weighted by atomic mass is 10.0. The highest BCUT2D eigenvalue weighted by molar-refractivity contribution is 6.30. The van der Waals surface area contributed by atoms with Crippen LogP contribution in [0.5, 0.6) is 11.5 Å². The van der Waals surface area contributed by atoms with Crippen molar-refractivity contribution in [2.75, 3.05) is 12.5 Å². The quantitative estimate of drug-likeness (QED) is 0.743. The van der Waals surface area contributed by atoms with E-state index in [0.717, 1.165) is 28.2 Å². The van der Waals surface area contributed by atoms with Crippen molar-refractivity contribution in [3.8, 4) is 11.5 Å². The van der Waals surface area contributed by atoms with Gasteiger partial charge in [0.05, 0.1) is 0 Å². The van der Waals surface area contributed by atoms with Crippen molar-refractivity contribution >= 4 is 28.8 Å². The summed E-state index contributed by atoms with van der Waals surface area (Å²) in [5.41, 5.74) is 3.16. The Hall–Kier alpha value is -1.64. The Morgan fingerprint density at radius 2 is 2.05 bits per heavy atom. The fraction of sp³-hybridized carbons (Fsp3) is 0.176. The number of fused-ring (bicyclic) bond motifs is 1. The van der Waals surface area contributed by atoms with Gasteiger partial charge in [-0.2, -0.15) is 0 Å². The monoisotopic (exact) mass is 320 g/mol. The normalized spacial score (nSPS) is 13.1. The van der Waals surface area contributed by atoms with Gasteiger partial charge < -0.3 is 9.47 Å². The molecule has 4 heteroatoms. The van der Waals surface area contributed by atoms with Crippen LogP contribution in [0.25, 0.3) is 5.57 Å². The molecule has 0 fully saturated rings. The van der Waals surface area contributed by atoms with Crippen LogP contribution < -0.4 is 9.47 Å². The molecule has 21 heavy (non-hydrogen) atoms. The maximum absolute atomic E-state index is 5.96. The number of hydrogen-bond acceptors (Lipinski definition) is 2. The van der Waals surface area contributed by atoms with Crippen LogP contribution >= 0.6 is 23.2 Å². The lowest BCUT2D eigenvalue weighted by Gasteiger charge is -2.18. The summed E-state index contributed by atoms with van der Waals surface area (Å²) < 4.78 is 11.4. The summed E-state index contributed by atoms with van der Waals surface area (Å²) >= 11 is 11.9. The lowest BCUT2D eigenvalue weighted by Crippen LogP contribution is -2.06. The maximum atomic E-state index is 5.96. The van der Waals surface area contributed by atoms with Gasteiger partial charge in [0.15, 0.2) is 0 Å². The minimum Gasteiger partial charge on any atom is -0.489 e. The molecule has 1 aliphatic rings. The van der Waals surface area contributed by atoms with Crippen molar-refractivity contribution < 1.29 is 9.47 Å². The van der Waals surface area contributed by atoms with E-state index >= 15 is 0 Å². The number of halogens is 2. The Bertz CT molecular complexity index is 680. The molecule has 3 rings (SSSR count). The largest absolute Gasteiger partial charge is 0.489 e. The number of allylic oxidation sites excluding steroid dienone is 1. The summed E-state index contributed by atoms with van der Waals surface area (Å²) in [6.45, 7) is 1.02. The van der Waals surface area contributed by atoms with E-state index in [4.69, 9.17) is 32.7 Å². The fourth-order valence-electron chi connectivity index (χ4n) is 2.24. The van der Waals surface area contributed by atoms with E-state index in [1.807, 2.05) is 48.5 Å². The molecule has 2 aromatic rings. The van der Waals surface area contributed by atoms with Crippen LogP contribution in [0.1, 0.15) is 11.1 Å². The lowest BCUT2D eigenvalue weighted by molar-refractivity contribution is 0.301. The molecule has 0 aliphatic carbocycles. The standard InChI is InChI=1S/C17H14Cl2O2/c18-10-13-6-7-20-17-9-15(4-5-16(13)17)21-11-12-2-1-3-14(19)8-12/h1-6,8-9H,7,10-11H2. The first-order valence-corrected chi connectivity index (χ1v) is 7.57. The highest BCUT2D eigenvalue weighted by Gasteiger charge is 2.14. The van der Waals surface area contributed by atoms with Crippen molar-refractivity contribution in [1.29, 1.82) is 0 Å². The Balaban J connectivity index is 1.74. The van der Waals surface area contributed by atoms with Gasteiger partial charge in [0.2, 0.25) is 0 Å². The Labute approximate surface area is 133 Å². The van der Waals surface area contributed by atoms with E-state index in [9.17, 15) is 0 Å². The summed E-state index contributed by atoms with van der Waals surface area (Å²) in [4.78, 5) is 0. The van der Waals surface area contributed by atoms with Gasteiger partial charge in [-0.25, -0.2) is 0 Å². The minimum atomic E-state index is 0.470. The smallest absolute Gasteiger partial charge is 0.131 e. The first-order valence-electron chi connectivity index (χ1n) is 6.66. The number of benzene rings is 2. The number of ether oxygens (including phenoxy) is 2. The molecule has 0 N–H and O–H groups in total. The molecule has 0 amide bonds. The molecular formula is C17H14Cl2O2. The van der Waals surface area contributed by atoms with Gasteiger partial charge >= 0.3 is 0 Å². The number of alkyl halides is 1. The molecule has 108 valence electrons. The molecule has 0 saturated heterocycles. The second-order valence-corrected chi connectivity index (χ2v) is 5.45. The van der Waals surface area contributed by atoms with Gasteiger partial charge in [-0.3, -0.25) is 0 Å². The van der Waals surface area contributed by atoms with Gasteiger partial charge in [0.25, 0.3) is 0 Å². The van der Waals surface area contributed by atoms with Gasteiger partial charge in [0.1, 0.15) is 24.7 Å². The third kappa shape index (κ3) is 3.34. The van der Waals surface area contributed by atoms with Crippen LogP contribution in [0, 0.1) is 0 Å². The molecular weight excluding hydrogens is 307 g/mol. The average molecular weight is 321 g/mol. The van der Waals surface area contributed by atoms with Crippen molar-refractivity contribution in [1.82, 2.24) is 0 Å². The van der Waals surface area contributed by atoms with Gasteiger partial charge in [-0.1, -0.05) is 23.7 Å². The van der Waals surface area contributed by atoms with Gasteiger partial charge in [0, 0.05) is 22.5 Å². The molecule has 0 unspecified atom stereocenters. The van der Waals surface area contributed by atoms with E-state index in [2.05, 4.69) is 0 Å². The first-order chi connectivity index (χ1) is 10.3. The summed E-state index contributed by atoms with van der Waals surface area (Å²) in [5.74, 6) is 2.07. The third-order valence-corrected chi connectivity index (χ3v) is 3.83. The van der Waals surface area contributed by atoms with Crippen LogP contribution in [0.4, 0.5) is 0 Å². The van der Waals surface area contributed by atoms with E-state index in [1.165, 1.54) is 0 Å². The first kappa shape index (κ1) is 14.3. The highest BCUT2D eigenvalue weighted by Crippen LogP contribution is 2.33. The van der Waals surface area contributed by atoms with E-state index in [-0.39, 0.29) is 0 Å². The molecule has 0 aromatic heterocycles. The SMILES string of the molecule is ClCC1=CCOc2cc(OCc3cccc(Cl)c3)ccc21. The molecule has 0 spiro atoms. The minimum absolute atomic E-state index is 0.470. The van der Waals surface area contributed by atoms with Crippen LogP contribution in [-0.2, 0) is 6.61 Å². The zero-order valence-electron chi connectivity index (χ0n) is 11.3. The van der Waals surface area contributed by atoms with Gasteiger partial charge in [-0.05, 0) is 41.5 Å². The van der Waals surface area contributed by atoms with Crippen LogP contribution in [0.3, 0.4) is 0 Å². The van der Waals surface area contributed by atoms with Crippen molar-refractivity contribution in [3.05, 3.63) is 64.7 Å². The second-order valence-electron chi connectivity index (χ2n) is 4.75. The molecule has 0 radical (unpaired) electrons. The molecule has 2 aromatic carbocycles. The van der Waals surface area contributed by atoms with Crippen LogP contribution in [0.15, 0.2) is 48.5 Å². The number of rotatable bonds is 4. The molecule has 1 aliphatic heterocycles. The van der Waals surface area contributed by atoms with Crippen LogP contribution in [0.2, 0.25) is 5.02 Å². The summed E-state index contributed by atoms with van der Waals surface area (Å²) in [6, 6.07) is 13.4. The van der Waals surface area contributed by atoms with Crippen molar-refractivity contribution in [3.63, 3.8) is 0 Å². The predicted octanol–water partition coefficient (Wildman–Crippen LogP) is 4.93. The molecule has 0 saturated carbocycles. The Morgan fingerprint density at radius 1 is 1.14 bits per heavy atom. The van der Waals surface area contributed by atoms with E-state index in [1.54, 1.807) is 0 Å². The molecule has 2 nitrogen and oxygen atoms in total. The molecule has 1 heterocycles. The van der Waals surface area contributed by atoms with E-state index in [0.29, 0.717) is 24.1 Å². The Morgan fingerprint density at radius 3 is 2.86 bits per heavy atom. The van der Waals surface area contributed by atoms with Crippen LogP contribution in [-0.4, -0.2) is 12.5 Å². The van der Waals surface area contributed by atoms with Gasteiger partial charge in [-0.15, -0.1) is 11.6 Å². The zero-order chi connectivity index (χ0) is 14.7.